The maximum atomic E-state index is 12.1. The average Bonchev–Trinajstić information content (AvgIpc) is 2.54. The van der Waals surface area contributed by atoms with E-state index < -0.39 is 6.10 Å². The number of benzene rings is 2. The molecule has 0 spiro atoms. The Labute approximate surface area is 151 Å². The van der Waals surface area contributed by atoms with Gasteiger partial charge in [-0.15, -0.1) is 0 Å². The highest BCUT2D eigenvalue weighted by Gasteiger charge is 2.13. The van der Waals surface area contributed by atoms with Gasteiger partial charge in [-0.3, -0.25) is 4.79 Å². The normalized spacial score (nSPS) is 12.1. The zero-order valence-corrected chi connectivity index (χ0v) is 14.9. The fourth-order valence-electron chi connectivity index (χ4n) is 2.11. The number of ether oxygens (including phenoxy) is 1. The van der Waals surface area contributed by atoms with E-state index >= 15 is 0 Å². The smallest absolute Gasteiger partial charge is 0.251 e. The lowest BCUT2D eigenvalue weighted by Gasteiger charge is -2.15. The molecule has 4 nitrogen and oxygen atoms in total. The zero-order valence-electron chi connectivity index (χ0n) is 13.4. The Morgan fingerprint density at radius 1 is 1.17 bits per heavy atom. The molecule has 0 aromatic heterocycles. The van der Waals surface area contributed by atoms with Crippen LogP contribution < -0.4 is 10.1 Å². The third kappa shape index (κ3) is 5.13. The fourth-order valence-corrected chi connectivity index (χ4v) is 2.41. The molecule has 0 bridgehead atoms. The van der Waals surface area contributed by atoms with Crippen LogP contribution in [0.25, 0.3) is 0 Å². The van der Waals surface area contributed by atoms with Gasteiger partial charge in [-0.05, 0) is 49.7 Å². The molecule has 0 aliphatic carbocycles. The van der Waals surface area contributed by atoms with Gasteiger partial charge in [0.2, 0.25) is 0 Å². The lowest BCUT2D eigenvalue weighted by Crippen LogP contribution is -2.28. The van der Waals surface area contributed by atoms with Crippen molar-refractivity contribution in [3.8, 4) is 5.75 Å². The van der Waals surface area contributed by atoms with Gasteiger partial charge in [-0.1, -0.05) is 35.3 Å². The van der Waals surface area contributed by atoms with Gasteiger partial charge in [0.15, 0.2) is 0 Å². The molecular formula is C18H19Cl2NO3. The number of hydrogen-bond donors (Lipinski definition) is 2. The van der Waals surface area contributed by atoms with E-state index in [1.165, 1.54) is 6.07 Å². The fraction of sp³-hybridized carbons (Fsp3) is 0.278. The van der Waals surface area contributed by atoms with Crippen molar-refractivity contribution >= 4 is 29.1 Å². The standard InChI is InChI=1S/C18H19Cl2NO3/c1-11(2)24-14-5-3-4-12(8-14)17(22)10-21-18(23)13-6-7-15(19)16(20)9-13/h3-9,11,17,22H,10H2,1-2H3,(H,21,23). The monoisotopic (exact) mass is 367 g/mol. The minimum atomic E-state index is -0.840. The number of aliphatic hydroxyl groups is 1. The summed E-state index contributed by atoms with van der Waals surface area (Å²) in [6.07, 6.45) is -0.792. The minimum absolute atomic E-state index is 0.0479. The third-order valence-electron chi connectivity index (χ3n) is 3.25. The Morgan fingerprint density at radius 3 is 2.58 bits per heavy atom. The van der Waals surface area contributed by atoms with E-state index in [1.807, 2.05) is 19.9 Å². The number of carbonyl (C=O) groups excluding carboxylic acids is 1. The van der Waals surface area contributed by atoms with E-state index in [1.54, 1.807) is 30.3 Å². The number of hydrogen-bond acceptors (Lipinski definition) is 3. The molecule has 0 aliphatic heterocycles. The number of rotatable bonds is 6. The van der Waals surface area contributed by atoms with Crippen molar-refractivity contribution in [2.45, 2.75) is 26.1 Å². The summed E-state index contributed by atoms with van der Waals surface area (Å²) < 4.78 is 5.60. The molecule has 0 aliphatic rings. The summed E-state index contributed by atoms with van der Waals surface area (Å²) >= 11 is 11.7. The van der Waals surface area contributed by atoms with Crippen LogP contribution in [0.5, 0.6) is 5.75 Å². The van der Waals surface area contributed by atoms with Crippen molar-refractivity contribution in [3.05, 3.63) is 63.6 Å². The molecule has 128 valence electrons. The maximum Gasteiger partial charge on any atom is 0.251 e. The number of aliphatic hydroxyl groups excluding tert-OH is 1. The van der Waals surface area contributed by atoms with Gasteiger partial charge in [-0.25, -0.2) is 0 Å². The van der Waals surface area contributed by atoms with Crippen molar-refractivity contribution in [2.75, 3.05) is 6.54 Å². The number of amides is 1. The van der Waals surface area contributed by atoms with Gasteiger partial charge in [0.05, 0.1) is 22.3 Å². The van der Waals surface area contributed by atoms with Crippen LogP contribution in [0.1, 0.15) is 35.9 Å². The summed E-state index contributed by atoms with van der Waals surface area (Å²) in [6.45, 7) is 3.94. The molecule has 1 amide bonds. The van der Waals surface area contributed by atoms with Gasteiger partial charge in [0.1, 0.15) is 5.75 Å². The van der Waals surface area contributed by atoms with Gasteiger partial charge in [-0.2, -0.15) is 0 Å². The Kier molecular flexibility index (Phi) is 6.49. The zero-order chi connectivity index (χ0) is 17.7. The maximum absolute atomic E-state index is 12.1. The Balaban J connectivity index is 1.98. The molecule has 2 aromatic carbocycles. The molecular weight excluding hydrogens is 349 g/mol. The molecule has 2 aromatic rings. The lowest BCUT2D eigenvalue weighted by molar-refractivity contribution is 0.0916. The highest BCUT2D eigenvalue weighted by atomic mass is 35.5. The van der Waals surface area contributed by atoms with Crippen LogP contribution in [0.15, 0.2) is 42.5 Å². The van der Waals surface area contributed by atoms with Crippen LogP contribution in [0.2, 0.25) is 10.0 Å². The van der Waals surface area contributed by atoms with E-state index in [4.69, 9.17) is 27.9 Å². The van der Waals surface area contributed by atoms with Gasteiger partial charge in [0.25, 0.3) is 5.91 Å². The van der Waals surface area contributed by atoms with Crippen molar-refractivity contribution in [2.24, 2.45) is 0 Å². The van der Waals surface area contributed by atoms with E-state index in [9.17, 15) is 9.90 Å². The Morgan fingerprint density at radius 2 is 1.92 bits per heavy atom. The Hall–Kier alpha value is -1.75. The second-order valence-corrected chi connectivity index (χ2v) is 6.41. The molecule has 0 radical (unpaired) electrons. The first-order chi connectivity index (χ1) is 11.4. The molecule has 1 atom stereocenters. The summed E-state index contributed by atoms with van der Waals surface area (Å²) in [4.78, 5) is 12.1. The van der Waals surface area contributed by atoms with Crippen LogP contribution in [-0.2, 0) is 0 Å². The molecule has 0 heterocycles. The molecule has 0 fully saturated rings. The van der Waals surface area contributed by atoms with Crippen LogP contribution in [-0.4, -0.2) is 23.7 Å². The molecule has 1 unspecified atom stereocenters. The quantitative estimate of drug-likeness (QED) is 0.802. The van der Waals surface area contributed by atoms with Crippen molar-refractivity contribution in [1.29, 1.82) is 0 Å². The van der Waals surface area contributed by atoms with Crippen molar-refractivity contribution < 1.29 is 14.6 Å². The average molecular weight is 368 g/mol. The van der Waals surface area contributed by atoms with Crippen LogP contribution in [0.4, 0.5) is 0 Å². The number of halogens is 2. The number of carbonyl (C=O) groups is 1. The van der Waals surface area contributed by atoms with Crippen LogP contribution in [0, 0.1) is 0 Å². The highest BCUT2D eigenvalue weighted by molar-refractivity contribution is 6.42. The molecule has 24 heavy (non-hydrogen) atoms. The topological polar surface area (TPSA) is 58.6 Å². The first kappa shape index (κ1) is 18.6. The third-order valence-corrected chi connectivity index (χ3v) is 3.99. The summed E-state index contributed by atoms with van der Waals surface area (Å²) in [5, 5.41) is 13.6. The predicted octanol–water partition coefficient (Wildman–Crippen LogP) is 4.24. The highest BCUT2D eigenvalue weighted by Crippen LogP contribution is 2.23. The van der Waals surface area contributed by atoms with Crippen molar-refractivity contribution in [1.82, 2.24) is 5.32 Å². The predicted molar refractivity (Wildman–Crippen MR) is 96.0 cm³/mol. The molecule has 2 N–H and O–H groups in total. The summed E-state index contributed by atoms with van der Waals surface area (Å²) in [5.41, 5.74) is 1.05. The van der Waals surface area contributed by atoms with Gasteiger partial charge in [0, 0.05) is 12.1 Å². The summed E-state index contributed by atoms with van der Waals surface area (Å²) in [5.74, 6) is 0.347. The largest absolute Gasteiger partial charge is 0.491 e. The second-order valence-electron chi connectivity index (χ2n) is 5.59. The first-order valence-corrected chi connectivity index (χ1v) is 8.30. The lowest BCUT2D eigenvalue weighted by atomic mass is 10.1. The van der Waals surface area contributed by atoms with Gasteiger partial charge < -0.3 is 15.2 Å². The SMILES string of the molecule is CC(C)Oc1cccc(C(O)CNC(=O)c2ccc(Cl)c(Cl)c2)c1. The second kappa shape index (κ2) is 8.38. The van der Waals surface area contributed by atoms with E-state index in [-0.39, 0.29) is 18.6 Å². The first-order valence-electron chi connectivity index (χ1n) is 7.54. The summed E-state index contributed by atoms with van der Waals surface area (Å²) in [6, 6.07) is 11.8. The van der Waals surface area contributed by atoms with Crippen LogP contribution >= 0.6 is 23.2 Å². The minimum Gasteiger partial charge on any atom is -0.491 e. The van der Waals surface area contributed by atoms with E-state index in [2.05, 4.69) is 5.32 Å². The van der Waals surface area contributed by atoms with Gasteiger partial charge >= 0.3 is 0 Å². The Bertz CT molecular complexity index is 719. The number of nitrogens with one attached hydrogen (secondary N) is 1. The summed E-state index contributed by atoms with van der Waals surface area (Å²) in [7, 11) is 0. The molecule has 0 saturated carbocycles. The molecule has 6 heteroatoms. The molecule has 2 rings (SSSR count). The van der Waals surface area contributed by atoms with Crippen molar-refractivity contribution in [3.63, 3.8) is 0 Å². The molecule has 0 saturated heterocycles. The van der Waals surface area contributed by atoms with Crippen LogP contribution in [0.3, 0.4) is 0 Å². The van der Waals surface area contributed by atoms with E-state index in [0.29, 0.717) is 26.9 Å². The van der Waals surface area contributed by atoms with E-state index in [0.717, 1.165) is 0 Å².